The minimum atomic E-state index is -4.60. The molecule has 0 saturated carbocycles. The van der Waals surface area contributed by atoms with Crippen LogP contribution in [0, 0.1) is 13.8 Å². The molecule has 0 radical (unpaired) electrons. The second kappa shape index (κ2) is 6.32. The van der Waals surface area contributed by atoms with Gasteiger partial charge in [0.1, 0.15) is 11.4 Å². The number of aryl methyl sites for hydroxylation is 2. The van der Waals surface area contributed by atoms with Crippen LogP contribution in [0.4, 0.5) is 13.2 Å². The van der Waals surface area contributed by atoms with Gasteiger partial charge in [-0.25, -0.2) is 8.42 Å². The molecule has 0 aromatic carbocycles. The number of aromatic nitrogens is 2. The fourth-order valence-electron chi connectivity index (χ4n) is 2.01. The van der Waals surface area contributed by atoms with E-state index in [-0.39, 0.29) is 14.9 Å². The van der Waals surface area contributed by atoms with Gasteiger partial charge >= 0.3 is 6.18 Å². The summed E-state index contributed by atoms with van der Waals surface area (Å²) in [5.74, 6) is 0. The molecular weight excluding hydrogens is 309 g/mol. The highest BCUT2D eigenvalue weighted by Gasteiger charge is 2.37. The van der Waals surface area contributed by atoms with Gasteiger partial charge in [-0.2, -0.15) is 22.6 Å². The Morgan fingerprint density at radius 2 is 1.90 bits per heavy atom. The quantitative estimate of drug-likeness (QED) is 0.846. The smallest absolute Gasteiger partial charge is 0.330 e. The molecule has 1 heterocycles. The van der Waals surface area contributed by atoms with Gasteiger partial charge in [-0.05, 0) is 26.8 Å². The van der Waals surface area contributed by atoms with E-state index in [1.165, 1.54) is 18.5 Å². The van der Waals surface area contributed by atoms with Crippen LogP contribution in [0.25, 0.3) is 0 Å². The van der Waals surface area contributed by atoms with Crippen molar-refractivity contribution in [3.63, 3.8) is 0 Å². The zero-order chi connectivity index (χ0) is 16.4. The van der Waals surface area contributed by atoms with Gasteiger partial charge in [0.25, 0.3) is 0 Å². The third kappa shape index (κ3) is 4.17. The lowest BCUT2D eigenvalue weighted by molar-refractivity contribution is -0.134. The van der Waals surface area contributed by atoms with Crippen molar-refractivity contribution < 1.29 is 21.6 Å². The number of nitrogens with two attached hydrogens (primary N) is 1. The highest BCUT2D eigenvalue weighted by molar-refractivity contribution is 7.89. The largest absolute Gasteiger partial charge is 0.402 e. The third-order valence-electron chi connectivity index (χ3n) is 2.96. The molecule has 21 heavy (non-hydrogen) atoms. The third-order valence-corrected chi connectivity index (χ3v) is 5.02. The highest BCUT2D eigenvalue weighted by atomic mass is 32.2. The van der Waals surface area contributed by atoms with Crippen LogP contribution < -0.4 is 5.73 Å². The van der Waals surface area contributed by atoms with E-state index in [9.17, 15) is 21.6 Å². The predicted molar refractivity (Wildman–Crippen MR) is 71.2 cm³/mol. The summed E-state index contributed by atoms with van der Waals surface area (Å²) in [6.07, 6.45) is -4.00. The molecule has 0 spiro atoms. The van der Waals surface area contributed by atoms with E-state index in [1.807, 2.05) is 0 Å². The van der Waals surface area contributed by atoms with Gasteiger partial charge in [0.15, 0.2) is 0 Å². The minimum Gasteiger partial charge on any atom is -0.330 e. The molecule has 0 aliphatic carbocycles. The molecule has 1 aromatic heterocycles. The molecule has 1 rings (SSSR count). The van der Waals surface area contributed by atoms with Crippen molar-refractivity contribution in [1.82, 2.24) is 14.1 Å². The SMILES string of the molecule is Cc1nn(CCCN)c(C)c1S(=O)(=O)N(C)CC(F)(F)F. The second-order valence-electron chi connectivity index (χ2n) is 4.74. The Bertz CT molecular complexity index is 595. The van der Waals surface area contributed by atoms with Crippen molar-refractivity contribution in [3.05, 3.63) is 11.4 Å². The number of rotatable bonds is 6. The lowest BCUT2D eigenvalue weighted by Crippen LogP contribution is -2.36. The topological polar surface area (TPSA) is 81.2 Å². The summed E-state index contributed by atoms with van der Waals surface area (Å²) in [7, 11) is -3.34. The van der Waals surface area contributed by atoms with E-state index in [1.54, 1.807) is 0 Å². The Morgan fingerprint density at radius 3 is 2.38 bits per heavy atom. The molecule has 0 unspecified atom stereocenters. The van der Waals surface area contributed by atoms with Crippen molar-refractivity contribution in [2.75, 3.05) is 20.1 Å². The van der Waals surface area contributed by atoms with Crippen LogP contribution in [0.15, 0.2) is 4.90 Å². The highest BCUT2D eigenvalue weighted by Crippen LogP contribution is 2.25. The molecule has 0 aliphatic heterocycles. The molecule has 0 bridgehead atoms. The lowest BCUT2D eigenvalue weighted by Gasteiger charge is -2.19. The Labute approximate surface area is 121 Å². The average molecular weight is 328 g/mol. The van der Waals surface area contributed by atoms with E-state index >= 15 is 0 Å². The molecule has 0 fully saturated rings. The fraction of sp³-hybridized carbons (Fsp3) is 0.727. The molecule has 6 nitrogen and oxygen atoms in total. The van der Waals surface area contributed by atoms with Crippen molar-refractivity contribution in [2.45, 2.75) is 37.9 Å². The molecule has 0 saturated heterocycles. The molecule has 0 aliphatic rings. The number of hydrogen-bond acceptors (Lipinski definition) is 4. The van der Waals surface area contributed by atoms with Crippen molar-refractivity contribution in [2.24, 2.45) is 5.73 Å². The van der Waals surface area contributed by atoms with E-state index < -0.39 is 22.7 Å². The van der Waals surface area contributed by atoms with Crippen LogP contribution in [0.2, 0.25) is 0 Å². The molecule has 0 amide bonds. The number of halogens is 3. The normalized spacial score (nSPS) is 13.1. The zero-order valence-electron chi connectivity index (χ0n) is 12.1. The van der Waals surface area contributed by atoms with Crippen LogP contribution in [0.5, 0.6) is 0 Å². The first-order valence-electron chi connectivity index (χ1n) is 6.28. The van der Waals surface area contributed by atoms with E-state index in [0.717, 1.165) is 7.05 Å². The molecule has 122 valence electrons. The van der Waals surface area contributed by atoms with Crippen LogP contribution in [-0.2, 0) is 16.6 Å². The average Bonchev–Trinajstić information content (AvgIpc) is 2.59. The van der Waals surface area contributed by atoms with Gasteiger partial charge in [-0.15, -0.1) is 0 Å². The molecule has 2 N–H and O–H groups in total. The number of sulfonamides is 1. The summed E-state index contributed by atoms with van der Waals surface area (Å²) in [6, 6.07) is 0. The maximum atomic E-state index is 12.4. The lowest BCUT2D eigenvalue weighted by atomic mass is 10.4. The summed E-state index contributed by atoms with van der Waals surface area (Å²) in [6.45, 7) is 2.27. The molecule has 1 aromatic rings. The zero-order valence-corrected chi connectivity index (χ0v) is 12.9. The maximum absolute atomic E-state index is 12.4. The first kappa shape index (κ1) is 17.9. The Hall–Kier alpha value is -1.13. The van der Waals surface area contributed by atoms with Gasteiger partial charge in [-0.1, -0.05) is 0 Å². The van der Waals surface area contributed by atoms with Gasteiger partial charge in [0.2, 0.25) is 10.0 Å². The summed E-state index contributed by atoms with van der Waals surface area (Å²) in [4.78, 5) is -0.175. The van der Waals surface area contributed by atoms with Crippen molar-refractivity contribution in [1.29, 1.82) is 0 Å². The van der Waals surface area contributed by atoms with Gasteiger partial charge in [0, 0.05) is 13.6 Å². The monoisotopic (exact) mass is 328 g/mol. The minimum absolute atomic E-state index is 0.175. The van der Waals surface area contributed by atoms with E-state index in [0.29, 0.717) is 25.2 Å². The first-order chi connectivity index (χ1) is 9.50. The number of nitrogens with zero attached hydrogens (tertiary/aromatic N) is 3. The summed E-state index contributed by atoms with van der Waals surface area (Å²) >= 11 is 0. The van der Waals surface area contributed by atoms with Crippen LogP contribution >= 0.6 is 0 Å². The van der Waals surface area contributed by atoms with Crippen LogP contribution in [-0.4, -0.2) is 48.8 Å². The van der Waals surface area contributed by atoms with Gasteiger partial charge in [0.05, 0.1) is 11.4 Å². The predicted octanol–water partition coefficient (Wildman–Crippen LogP) is 1.03. The second-order valence-corrected chi connectivity index (χ2v) is 6.72. The maximum Gasteiger partial charge on any atom is 0.402 e. The summed E-state index contributed by atoms with van der Waals surface area (Å²) in [5, 5.41) is 4.07. The van der Waals surface area contributed by atoms with E-state index in [4.69, 9.17) is 5.73 Å². The van der Waals surface area contributed by atoms with Crippen molar-refractivity contribution >= 4 is 10.0 Å². The number of hydrogen-bond donors (Lipinski definition) is 1. The van der Waals surface area contributed by atoms with E-state index in [2.05, 4.69) is 5.10 Å². The standard InChI is InChI=1S/C11H19F3N4O2S/c1-8-10(9(2)18(16-8)6-4-5-15)21(19,20)17(3)7-11(12,13)14/h4-7,15H2,1-3H3. The molecular formula is C11H19F3N4O2S. The summed E-state index contributed by atoms with van der Waals surface area (Å²) in [5.41, 5.74) is 5.88. The Kier molecular flexibility index (Phi) is 5.40. The van der Waals surface area contributed by atoms with Crippen LogP contribution in [0.3, 0.4) is 0 Å². The van der Waals surface area contributed by atoms with Crippen molar-refractivity contribution in [3.8, 4) is 0 Å². The molecule has 0 atom stereocenters. The summed E-state index contributed by atoms with van der Waals surface area (Å²) < 4.78 is 63.5. The number of alkyl halides is 3. The first-order valence-corrected chi connectivity index (χ1v) is 7.72. The fourth-order valence-corrected chi connectivity index (χ4v) is 3.53. The van der Waals surface area contributed by atoms with Crippen LogP contribution in [0.1, 0.15) is 17.8 Å². The van der Waals surface area contributed by atoms with Gasteiger partial charge in [-0.3, -0.25) is 4.68 Å². The van der Waals surface area contributed by atoms with Gasteiger partial charge < -0.3 is 5.73 Å². The Balaban J connectivity index is 3.17. The molecule has 10 heteroatoms. The Morgan fingerprint density at radius 1 is 1.33 bits per heavy atom.